The van der Waals surface area contributed by atoms with Crippen LogP contribution in [0.25, 0.3) is 0 Å². The van der Waals surface area contributed by atoms with Crippen molar-refractivity contribution in [1.29, 1.82) is 0 Å². The molecule has 13 heavy (non-hydrogen) atoms. The van der Waals surface area contributed by atoms with Crippen molar-refractivity contribution in [3.8, 4) is 0 Å². The van der Waals surface area contributed by atoms with Gasteiger partial charge in [-0.3, -0.25) is 0 Å². The van der Waals surface area contributed by atoms with Crippen molar-refractivity contribution >= 4 is 22.6 Å². The number of rotatable bonds is 9. The first kappa shape index (κ1) is 15.9. The van der Waals surface area contributed by atoms with E-state index in [1.807, 2.05) is 6.08 Å². The van der Waals surface area contributed by atoms with E-state index in [4.69, 9.17) is 0 Å². The van der Waals surface area contributed by atoms with E-state index >= 15 is 0 Å². The number of hydrogen-bond donors (Lipinski definition) is 1. The topological polar surface area (TPSA) is 35.0 Å². The van der Waals surface area contributed by atoms with E-state index in [0.29, 0.717) is 0 Å². The van der Waals surface area contributed by atoms with Crippen LogP contribution in [0.5, 0.6) is 0 Å². The maximum Gasteiger partial charge on any atom is -0.000473 e. The normalized spacial score (nSPS) is 9.31. The zero-order chi connectivity index (χ0) is 9.07. The van der Waals surface area contributed by atoms with Gasteiger partial charge in [-0.25, -0.2) is 0 Å². The average Bonchev–Trinajstić information content (AvgIpc) is 2.10. The molecule has 80 valence electrons. The van der Waals surface area contributed by atoms with Gasteiger partial charge in [0.2, 0.25) is 0 Å². The van der Waals surface area contributed by atoms with Crippen molar-refractivity contribution in [2.45, 2.75) is 51.4 Å². The molecule has 0 atom stereocenters. The Balaban J connectivity index is 0. The van der Waals surface area contributed by atoms with Crippen LogP contribution in [0, 0.1) is 0 Å². The van der Waals surface area contributed by atoms with Crippen molar-refractivity contribution in [3.05, 3.63) is 12.7 Å². The van der Waals surface area contributed by atoms with E-state index in [-0.39, 0.29) is 6.15 Å². The second-order valence-electron chi connectivity index (χ2n) is 3.24. The molecule has 0 aliphatic carbocycles. The molecule has 0 aliphatic rings. The molecule has 0 saturated heterocycles. The largest absolute Gasteiger partial charge is 0.344 e. The highest BCUT2D eigenvalue weighted by Gasteiger charge is 1.89. The summed E-state index contributed by atoms with van der Waals surface area (Å²) in [5.74, 6) is 0. The molecule has 0 radical (unpaired) electrons. The van der Waals surface area contributed by atoms with Gasteiger partial charge in [0.15, 0.2) is 0 Å². The third-order valence-electron chi connectivity index (χ3n) is 2.04. The smallest absolute Gasteiger partial charge is 0.000473 e. The van der Waals surface area contributed by atoms with Gasteiger partial charge < -0.3 is 6.15 Å². The van der Waals surface area contributed by atoms with Gasteiger partial charge in [-0.05, 0) is 23.7 Å². The van der Waals surface area contributed by atoms with E-state index < -0.39 is 0 Å². The lowest BCUT2D eigenvalue weighted by atomic mass is 10.1. The maximum absolute atomic E-state index is 3.72. The SMILES string of the molecule is C=CCCCCCCCCCI.N. The van der Waals surface area contributed by atoms with E-state index in [0.717, 1.165) is 0 Å². The van der Waals surface area contributed by atoms with Gasteiger partial charge in [-0.2, -0.15) is 0 Å². The predicted molar refractivity (Wildman–Crippen MR) is 71.0 cm³/mol. The summed E-state index contributed by atoms with van der Waals surface area (Å²) in [5.41, 5.74) is 0. The molecule has 1 nitrogen and oxygen atoms in total. The van der Waals surface area contributed by atoms with E-state index in [1.165, 1.54) is 55.8 Å². The van der Waals surface area contributed by atoms with Crippen LogP contribution in [0.15, 0.2) is 12.7 Å². The molecule has 0 amide bonds. The minimum Gasteiger partial charge on any atom is -0.344 e. The van der Waals surface area contributed by atoms with Gasteiger partial charge in [-0.1, -0.05) is 60.8 Å². The Kier molecular flexibility index (Phi) is 18.2. The zero-order valence-electron chi connectivity index (χ0n) is 8.73. The van der Waals surface area contributed by atoms with Crippen LogP contribution in [-0.2, 0) is 0 Å². The molecule has 0 aliphatic heterocycles. The Bertz CT molecular complexity index is 94.1. The van der Waals surface area contributed by atoms with Gasteiger partial charge in [0.05, 0.1) is 0 Å². The molecule has 0 aromatic heterocycles. The molecule has 0 unspecified atom stereocenters. The van der Waals surface area contributed by atoms with Crippen LogP contribution in [-0.4, -0.2) is 4.43 Å². The molecule has 0 heterocycles. The fraction of sp³-hybridized carbons (Fsp3) is 0.818. The summed E-state index contributed by atoms with van der Waals surface area (Å²) in [6, 6.07) is 0. The van der Waals surface area contributed by atoms with Crippen LogP contribution in [0.1, 0.15) is 51.4 Å². The number of allylic oxidation sites excluding steroid dienone is 1. The van der Waals surface area contributed by atoms with E-state index in [9.17, 15) is 0 Å². The number of alkyl halides is 1. The summed E-state index contributed by atoms with van der Waals surface area (Å²) >= 11 is 2.46. The summed E-state index contributed by atoms with van der Waals surface area (Å²) in [5, 5.41) is 0. The Morgan fingerprint density at radius 1 is 0.846 bits per heavy atom. The second-order valence-corrected chi connectivity index (χ2v) is 4.32. The van der Waals surface area contributed by atoms with Crippen molar-refractivity contribution in [1.82, 2.24) is 6.15 Å². The number of unbranched alkanes of at least 4 members (excludes halogenated alkanes) is 7. The Morgan fingerprint density at radius 2 is 1.31 bits per heavy atom. The zero-order valence-corrected chi connectivity index (χ0v) is 10.9. The number of halogens is 1. The number of hydrogen-bond acceptors (Lipinski definition) is 1. The van der Waals surface area contributed by atoms with E-state index in [2.05, 4.69) is 29.2 Å². The highest BCUT2D eigenvalue weighted by Crippen LogP contribution is 2.09. The lowest BCUT2D eigenvalue weighted by Crippen LogP contribution is -1.80. The highest BCUT2D eigenvalue weighted by atomic mass is 127. The molecule has 0 spiro atoms. The van der Waals surface area contributed by atoms with Crippen molar-refractivity contribution in [3.63, 3.8) is 0 Å². The molecule has 2 heteroatoms. The summed E-state index contributed by atoms with van der Waals surface area (Å²) in [6.07, 6.45) is 13.1. The first-order valence-electron chi connectivity index (χ1n) is 5.08. The Morgan fingerprint density at radius 3 is 1.77 bits per heavy atom. The third kappa shape index (κ3) is 15.2. The fourth-order valence-electron chi connectivity index (χ4n) is 1.27. The van der Waals surface area contributed by atoms with Crippen LogP contribution >= 0.6 is 22.6 Å². The minimum atomic E-state index is 0. The monoisotopic (exact) mass is 297 g/mol. The first-order chi connectivity index (χ1) is 5.91. The molecule has 0 aromatic carbocycles. The van der Waals surface area contributed by atoms with Gasteiger partial charge in [0.25, 0.3) is 0 Å². The van der Waals surface area contributed by atoms with Crippen molar-refractivity contribution in [2.75, 3.05) is 4.43 Å². The standard InChI is InChI=1S/C11H21I.H3N/c1-2-3-4-5-6-7-8-9-10-11-12;/h2H,1,3-11H2;1H3. The van der Waals surface area contributed by atoms with Crippen LogP contribution in [0.2, 0.25) is 0 Å². The summed E-state index contributed by atoms with van der Waals surface area (Å²) < 4.78 is 1.33. The molecule has 0 bridgehead atoms. The fourth-order valence-corrected chi connectivity index (χ4v) is 1.81. The van der Waals surface area contributed by atoms with Gasteiger partial charge in [-0.15, -0.1) is 6.58 Å². The lowest BCUT2D eigenvalue weighted by molar-refractivity contribution is 0.595. The molecule has 0 rings (SSSR count). The predicted octanol–water partition coefficient (Wildman–Crippen LogP) is 4.89. The van der Waals surface area contributed by atoms with Crippen LogP contribution in [0.4, 0.5) is 0 Å². The van der Waals surface area contributed by atoms with Crippen molar-refractivity contribution in [2.24, 2.45) is 0 Å². The van der Waals surface area contributed by atoms with Gasteiger partial charge in [0.1, 0.15) is 0 Å². The quantitative estimate of drug-likeness (QED) is 0.279. The van der Waals surface area contributed by atoms with Gasteiger partial charge >= 0.3 is 0 Å². The van der Waals surface area contributed by atoms with E-state index in [1.54, 1.807) is 0 Å². The summed E-state index contributed by atoms with van der Waals surface area (Å²) in [7, 11) is 0. The molecule has 0 saturated carbocycles. The van der Waals surface area contributed by atoms with Crippen molar-refractivity contribution < 1.29 is 0 Å². The first-order valence-corrected chi connectivity index (χ1v) is 6.61. The second kappa shape index (κ2) is 14.9. The Labute approximate surface area is 97.1 Å². The molecular formula is C11H24IN. The molecule has 3 N–H and O–H groups in total. The summed E-state index contributed by atoms with van der Waals surface area (Å²) in [4.78, 5) is 0. The molecular weight excluding hydrogens is 273 g/mol. The average molecular weight is 297 g/mol. The summed E-state index contributed by atoms with van der Waals surface area (Å²) in [6.45, 7) is 3.72. The van der Waals surface area contributed by atoms with Gasteiger partial charge in [0, 0.05) is 0 Å². The minimum absolute atomic E-state index is 0. The Hall–Kier alpha value is 0.430. The highest BCUT2D eigenvalue weighted by molar-refractivity contribution is 14.1. The lowest BCUT2D eigenvalue weighted by Gasteiger charge is -1.99. The van der Waals surface area contributed by atoms with Crippen LogP contribution in [0.3, 0.4) is 0 Å². The maximum atomic E-state index is 3.72. The third-order valence-corrected chi connectivity index (χ3v) is 2.80. The van der Waals surface area contributed by atoms with Crippen LogP contribution < -0.4 is 6.15 Å². The molecule has 0 fully saturated rings. The molecule has 0 aromatic rings.